The highest BCUT2D eigenvalue weighted by Gasteiger charge is 2.32. The van der Waals surface area contributed by atoms with E-state index in [0.29, 0.717) is 27.2 Å². The zero-order valence-electron chi connectivity index (χ0n) is 20.3. The Balaban J connectivity index is 1.54. The third-order valence-corrected chi connectivity index (χ3v) is 7.62. The standard InChI is InChI=1S/C27H32Cl2N2O4/c1-4-16(2)24(27(34)35-3)31-25(32)19-7-5-17(6-8-19)18-9-12-21(13-10-18)30-26(33)20-11-14-22(28)23(29)15-20/h9-17,19,24H,4-8H2,1-3H3,(H,30,33)(H,31,32)/t16?,17-,19+,24-/m0/s1. The summed E-state index contributed by atoms with van der Waals surface area (Å²) in [5.74, 6) is -0.465. The Morgan fingerprint density at radius 3 is 2.23 bits per heavy atom. The monoisotopic (exact) mass is 518 g/mol. The number of hydrogen-bond acceptors (Lipinski definition) is 4. The molecule has 0 saturated heterocycles. The summed E-state index contributed by atoms with van der Waals surface area (Å²) in [6.45, 7) is 3.93. The first-order valence-corrected chi connectivity index (χ1v) is 12.7. The predicted octanol–water partition coefficient (Wildman–Crippen LogP) is 6.22. The molecule has 188 valence electrons. The zero-order valence-corrected chi connectivity index (χ0v) is 21.8. The van der Waals surface area contributed by atoms with Crippen molar-refractivity contribution in [3.05, 3.63) is 63.6 Å². The number of rotatable bonds is 8. The van der Waals surface area contributed by atoms with Crippen LogP contribution in [0, 0.1) is 11.8 Å². The molecule has 3 rings (SSSR count). The number of anilines is 1. The van der Waals surface area contributed by atoms with E-state index in [-0.39, 0.29) is 23.7 Å². The normalized spacial score (nSPS) is 19.3. The van der Waals surface area contributed by atoms with Crippen molar-refractivity contribution < 1.29 is 19.1 Å². The summed E-state index contributed by atoms with van der Waals surface area (Å²) < 4.78 is 4.88. The highest BCUT2D eigenvalue weighted by atomic mass is 35.5. The summed E-state index contributed by atoms with van der Waals surface area (Å²) in [6.07, 6.45) is 4.08. The first-order chi connectivity index (χ1) is 16.7. The Kier molecular flexibility index (Phi) is 9.58. The van der Waals surface area contributed by atoms with Gasteiger partial charge in [-0.1, -0.05) is 55.6 Å². The fraction of sp³-hybridized carbons (Fsp3) is 0.444. The number of esters is 1. The topological polar surface area (TPSA) is 84.5 Å². The van der Waals surface area contributed by atoms with Crippen molar-refractivity contribution in [2.75, 3.05) is 12.4 Å². The molecular formula is C27H32Cl2N2O4. The Hall–Kier alpha value is -2.57. The summed E-state index contributed by atoms with van der Waals surface area (Å²) in [7, 11) is 1.35. The van der Waals surface area contributed by atoms with E-state index in [9.17, 15) is 14.4 Å². The average molecular weight is 519 g/mol. The van der Waals surface area contributed by atoms with E-state index in [1.807, 2.05) is 38.1 Å². The molecule has 6 nitrogen and oxygen atoms in total. The summed E-state index contributed by atoms with van der Waals surface area (Å²) in [4.78, 5) is 37.4. The third kappa shape index (κ3) is 6.98. The van der Waals surface area contributed by atoms with E-state index in [0.717, 1.165) is 32.1 Å². The van der Waals surface area contributed by atoms with Gasteiger partial charge < -0.3 is 15.4 Å². The highest BCUT2D eigenvalue weighted by Crippen LogP contribution is 2.36. The van der Waals surface area contributed by atoms with Gasteiger partial charge in [0.25, 0.3) is 5.91 Å². The smallest absolute Gasteiger partial charge is 0.328 e. The summed E-state index contributed by atoms with van der Waals surface area (Å²) in [5.41, 5.74) is 2.31. The van der Waals surface area contributed by atoms with Gasteiger partial charge in [0.15, 0.2) is 0 Å². The van der Waals surface area contributed by atoms with Gasteiger partial charge in [-0.3, -0.25) is 9.59 Å². The van der Waals surface area contributed by atoms with Crippen LogP contribution in [-0.4, -0.2) is 30.9 Å². The second kappa shape index (κ2) is 12.4. The van der Waals surface area contributed by atoms with Gasteiger partial charge in [0, 0.05) is 17.2 Å². The van der Waals surface area contributed by atoms with Crippen molar-refractivity contribution in [3.8, 4) is 0 Å². The lowest BCUT2D eigenvalue weighted by Crippen LogP contribution is -2.48. The number of carbonyl (C=O) groups is 3. The van der Waals surface area contributed by atoms with Crippen LogP contribution in [0.3, 0.4) is 0 Å². The summed E-state index contributed by atoms with van der Waals surface area (Å²) in [5, 5.41) is 6.53. The van der Waals surface area contributed by atoms with Crippen LogP contribution in [-0.2, 0) is 14.3 Å². The van der Waals surface area contributed by atoms with Crippen LogP contribution in [0.4, 0.5) is 5.69 Å². The lowest BCUT2D eigenvalue weighted by molar-refractivity contribution is -0.147. The summed E-state index contributed by atoms with van der Waals surface area (Å²) >= 11 is 11.9. The molecule has 8 heteroatoms. The Bertz CT molecular complexity index is 1050. The molecule has 0 aliphatic heterocycles. The molecule has 0 spiro atoms. The average Bonchev–Trinajstić information content (AvgIpc) is 2.88. The molecule has 2 N–H and O–H groups in total. The quantitative estimate of drug-likeness (QED) is 0.406. The van der Waals surface area contributed by atoms with Crippen LogP contribution in [0.2, 0.25) is 10.0 Å². The molecule has 1 aliphatic carbocycles. The number of halogens is 2. The van der Waals surface area contributed by atoms with Gasteiger partial charge in [-0.15, -0.1) is 0 Å². The SMILES string of the molecule is CCC(C)[C@H](NC(=O)[C@H]1CC[C@@H](c2ccc(NC(=O)c3ccc(Cl)c(Cl)c3)cc2)CC1)C(=O)OC. The minimum atomic E-state index is -0.609. The summed E-state index contributed by atoms with van der Waals surface area (Å²) in [6, 6.07) is 12.0. The molecule has 1 unspecified atom stereocenters. The molecular weight excluding hydrogens is 487 g/mol. The second-order valence-corrected chi connectivity index (χ2v) is 9.96. The minimum Gasteiger partial charge on any atom is -0.467 e. The minimum absolute atomic E-state index is 0.0124. The molecule has 2 aromatic rings. The van der Waals surface area contributed by atoms with Gasteiger partial charge in [-0.05, 0) is 73.4 Å². The number of ether oxygens (including phenoxy) is 1. The van der Waals surface area contributed by atoms with Crippen LogP contribution in [0.1, 0.15) is 67.8 Å². The molecule has 0 aromatic heterocycles. The van der Waals surface area contributed by atoms with Crippen molar-refractivity contribution in [1.29, 1.82) is 0 Å². The number of nitrogens with one attached hydrogen (secondary N) is 2. The molecule has 1 fully saturated rings. The highest BCUT2D eigenvalue weighted by molar-refractivity contribution is 6.42. The molecule has 0 heterocycles. The van der Waals surface area contributed by atoms with E-state index in [4.69, 9.17) is 27.9 Å². The molecule has 35 heavy (non-hydrogen) atoms. The van der Waals surface area contributed by atoms with Crippen LogP contribution in [0.15, 0.2) is 42.5 Å². The zero-order chi connectivity index (χ0) is 25.5. The fourth-order valence-corrected chi connectivity index (χ4v) is 4.73. The van der Waals surface area contributed by atoms with Gasteiger partial charge in [0.2, 0.25) is 5.91 Å². The van der Waals surface area contributed by atoms with Gasteiger partial charge in [-0.25, -0.2) is 4.79 Å². The Labute approximate surface area is 216 Å². The van der Waals surface area contributed by atoms with E-state index in [1.165, 1.54) is 12.7 Å². The molecule has 0 bridgehead atoms. The molecule has 2 atom stereocenters. The van der Waals surface area contributed by atoms with Crippen molar-refractivity contribution in [2.24, 2.45) is 11.8 Å². The first kappa shape index (κ1) is 27.0. The first-order valence-electron chi connectivity index (χ1n) is 12.0. The Morgan fingerprint density at radius 2 is 1.66 bits per heavy atom. The maximum absolute atomic E-state index is 12.8. The predicted molar refractivity (Wildman–Crippen MR) is 139 cm³/mol. The lowest BCUT2D eigenvalue weighted by atomic mass is 9.78. The van der Waals surface area contributed by atoms with E-state index in [1.54, 1.807) is 18.2 Å². The van der Waals surface area contributed by atoms with Gasteiger partial charge in [0.1, 0.15) is 6.04 Å². The number of carbonyl (C=O) groups excluding carboxylic acids is 3. The van der Waals surface area contributed by atoms with Crippen molar-refractivity contribution in [3.63, 3.8) is 0 Å². The van der Waals surface area contributed by atoms with Gasteiger partial charge >= 0.3 is 5.97 Å². The third-order valence-electron chi connectivity index (χ3n) is 6.89. The molecule has 1 aliphatic rings. The largest absolute Gasteiger partial charge is 0.467 e. The van der Waals surface area contributed by atoms with Crippen LogP contribution in [0.5, 0.6) is 0 Å². The van der Waals surface area contributed by atoms with Crippen LogP contribution < -0.4 is 10.6 Å². The maximum Gasteiger partial charge on any atom is 0.328 e. The number of amides is 2. The van der Waals surface area contributed by atoms with E-state index < -0.39 is 12.0 Å². The van der Waals surface area contributed by atoms with Gasteiger partial charge in [-0.2, -0.15) is 0 Å². The number of hydrogen-bond donors (Lipinski definition) is 2. The van der Waals surface area contributed by atoms with E-state index >= 15 is 0 Å². The van der Waals surface area contributed by atoms with Crippen LogP contribution in [0.25, 0.3) is 0 Å². The van der Waals surface area contributed by atoms with Crippen molar-refractivity contribution in [2.45, 2.75) is 57.9 Å². The molecule has 2 aromatic carbocycles. The van der Waals surface area contributed by atoms with Gasteiger partial charge in [0.05, 0.1) is 17.2 Å². The second-order valence-electron chi connectivity index (χ2n) is 9.15. The maximum atomic E-state index is 12.8. The molecule has 1 saturated carbocycles. The van der Waals surface area contributed by atoms with Crippen LogP contribution >= 0.6 is 23.2 Å². The Morgan fingerprint density at radius 1 is 1.00 bits per heavy atom. The number of methoxy groups -OCH3 is 1. The molecule has 2 amide bonds. The van der Waals surface area contributed by atoms with E-state index in [2.05, 4.69) is 10.6 Å². The van der Waals surface area contributed by atoms with Crippen molar-refractivity contribution >= 4 is 46.7 Å². The number of benzene rings is 2. The lowest BCUT2D eigenvalue weighted by Gasteiger charge is -2.30. The fourth-order valence-electron chi connectivity index (χ4n) is 4.44. The molecule has 0 radical (unpaired) electrons. The van der Waals surface area contributed by atoms with Crippen molar-refractivity contribution in [1.82, 2.24) is 5.32 Å².